The van der Waals surface area contributed by atoms with E-state index >= 15 is 0 Å². The predicted molar refractivity (Wildman–Crippen MR) is 110 cm³/mol. The van der Waals surface area contributed by atoms with E-state index in [0.29, 0.717) is 39.9 Å². The van der Waals surface area contributed by atoms with Crippen molar-refractivity contribution in [2.75, 3.05) is 0 Å². The molecule has 0 radical (unpaired) electrons. The van der Waals surface area contributed by atoms with Gasteiger partial charge in [-0.15, -0.1) is 0 Å². The lowest BCUT2D eigenvalue weighted by molar-refractivity contribution is -0.00565. The number of aliphatic hydroxyl groups is 1. The molecule has 0 saturated heterocycles. The zero-order valence-corrected chi connectivity index (χ0v) is 16.4. The van der Waals surface area contributed by atoms with E-state index in [-0.39, 0.29) is 0 Å². The summed E-state index contributed by atoms with van der Waals surface area (Å²) in [5.74, 6) is -0.145. The average Bonchev–Trinajstić information content (AvgIpc) is 3.57. The summed E-state index contributed by atoms with van der Waals surface area (Å²) in [7, 11) is 0. The molecule has 1 N–H and O–H groups in total. The Morgan fingerprint density at radius 3 is 2.48 bits per heavy atom. The van der Waals surface area contributed by atoms with Crippen molar-refractivity contribution in [1.82, 2.24) is 9.99 Å². The molecule has 0 spiro atoms. The Bertz CT molecular complexity index is 1100. The average molecular weight is 408 g/mol. The van der Waals surface area contributed by atoms with E-state index in [9.17, 15) is 9.50 Å². The van der Waals surface area contributed by atoms with Crippen molar-refractivity contribution in [2.24, 2.45) is 5.10 Å². The molecule has 2 heterocycles. The molecule has 29 heavy (non-hydrogen) atoms. The van der Waals surface area contributed by atoms with Gasteiger partial charge in [0.25, 0.3) is 0 Å². The second kappa shape index (κ2) is 7.25. The molecule has 1 aromatic heterocycles. The number of pyridine rings is 1. The first-order valence-corrected chi connectivity index (χ1v) is 10.0. The highest BCUT2D eigenvalue weighted by molar-refractivity contribution is 6.30. The Balaban J connectivity index is 1.56. The number of aliphatic hydroxyl groups excluding tert-OH is 1. The van der Waals surface area contributed by atoms with Gasteiger partial charge in [0.05, 0.1) is 12.1 Å². The second-order valence-electron chi connectivity index (χ2n) is 7.48. The maximum Gasteiger partial charge on any atom is 0.222 e. The van der Waals surface area contributed by atoms with Crippen LogP contribution in [0.1, 0.15) is 52.9 Å². The molecule has 5 rings (SSSR count). The Kier molecular flexibility index (Phi) is 4.57. The highest BCUT2D eigenvalue weighted by Crippen LogP contribution is 2.39. The largest absolute Gasteiger partial charge is 0.368 e. The summed E-state index contributed by atoms with van der Waals surface area (Å²) in [5.41, 5.74) is 3.97. The van der Waals surface area contributed by atoms with E-state index in [2.05, 4.69) is 10.1 Å². The minimum atomic E-state index is -0.924. The van der Waals surface area contributed by atoms with Crippen molar-refractivity contribution in [3.05, 3.63) is 99.6 Å². The van der Waals surface area contributed by atoms with E-state index in [4.69, 9.17) is 11.6 Å². The van der Waals surface area contributed by atoms with Gasteiger partial charge in [0.1, 0.15) is 5.71 Å². The van der Waals surface area contributed by atoms with Crippen molar-refractivity contribution in [3.8, 4) is 0 Å². The summed E-state index contributed by atoms with van der Waals surface area (Å²) >= 11 is 5.97. The third-order valence-electron chi connectivity index (χ3n) is 5.38. The summed E-state index contributed by atoms with van der Waals surface area (Å²) in [6.45, 7) is 0.366. The fourth-order valence-electron chi connectivity index (χ4n) is 3.66. The monoisotopic (exact) mass is 407 g/mol. The van der Waals surface area contributed by atoms with E-state index in [1.165, 1.54) is 0 Å². The molecule has 6 heteroatoms. The van der Waals surface area contributed by atoms with Crippen molar-refractivity contribution in [2.45, 2.75) is 31.5 Å². The van der Waals surface area contributed by atoms with E-state index in [1.807, 2.05) is 42.5 Å². The SMILES string of the molecule is OC1c2ccccc2C(c2ccc(C3CC3)nc2F)=NN1Cc1ccc(Cl)cc1. The topological polar surface area (TPSA) is 48.7 Å². The van der Waals surface area contributed by atoms with Crippen LogP contribution in [-0.4, -0.2) is 20.8 Å². The smallest absolute Gasteiger partial charge is 0.222 e. The normalized spacial score (nSPS) is 18.4. The van der Waals surface area contributed by atoms with Crippen LogP contribution < -0.4 is 0 Å². The van der Waals surface area contributed by atoms with Crippen LogP contribution >= 0.6 is 11.6 Å². The number of benzene rings is 2. The summed E-state index contributed by atoms with van der Waals surface area (Å²) in [5, 5.41) is 17.7. The Morgan fingerprint density at radius 1 is 1.00 bits per heavy atom. The van der Waals surface area contributed by atoms with Crippen molar-refractivity contribution in [1.29, 1.82) is 0 Å². The maximum absolute atomic E-state index is 14.9. The molecule has 1 saturated carbocycles. The predicted octanol–water partition coefficient (Wildman–Crippen LogP) is 5.01. The zero-order valence-electron chi connectivity index (χ0n) is 15.6. The number of hydrogen-bond donors (Lipinski definition) is 1. The van der Waals surface area contributed by atoms with Crippen LogP contribution in [0, 0.1) is 5.95 Å². The highest BCUT2D eigenvalue weighted by atomic mass is 35.5. The van der Waals surface area contributed by atoms with E-state index in [1.54, 1.807) is 23.2 Å². The summed E-state index contributed by atoms with van der Waals surface area (Å²) < 4.78 is 14.9. The van der Waals surface area contributed by atoms with Gasteiger partial charge in [0.2, 0.25) is 5.95 Å². The molecule has 0 bridgehead atoms. The molecule has 1 unspecified atom stereocenters. The standard InChI is InChI=1S/C23H19ClFN3O/c24-16-9-5-14(6-10-16)13-28-23(29)18-4-2-1-3-17(18)21(27-28)19-11-12-20(15-7-8-15)26-22(19)25/h1-6,9-12,15,23,29H,7-8,13H2. The van der Waals surface area contributed by atoms with Crippen molar-refractivity contribution >= 4 is 17.3 Å². The number of fused-ring (bicyclic) bond motifs is 1. The molecule has 146 valence electrons. The zero-order chi connectivity index (χ0) is 20.0. The second-order valence-corrected chi connectivity index (χ2v) is 7.92. The fourth-order valence-corrected chi connectivity index (χ4v) is 3.79. The van der Waals surface area contributed by atoms with E-state index in [0.717, 1.165) is 24.1 Å². The first kappa shape index (κ1) is 18.3. The highest BCUT2D eigenvalue weighted by Gasteiger charge is 2.31. The van der Waals surface area contributed by atoms with Crippen LogP contribution in [0.15, 0.2) is 65.8 Å². The molecule has 1 aliphatic carbocycles. The van der Waals surface area contributed by atoms with Gasteiger partial charge >= 0.3 is 0 Å². The molecule has 0 amide bonds. The van der Waals surface area contributed by atoms with Crippen molar-refractivity contribution < 1.29 is 9.50 Å². The van der Waals surface area contributed by atoms with Crippen LogP contribution in [0.4, 0.5) is 4.39 Å². The summed E-state index contributed by atoms with van der Waals surface area (Å²) in [6, 6.07) is 18.4. The number of rotatable bonds is 4. The van der Waals surface area contributed by atoms with Gasteiger partial charge in [-0.05, 0) is 42.7 Å². The molecule has 2 aromatic carbocycles. The number of halogens is 2. The lowest BCUT2D eigenvalue weighted by Crippen LogP contribution is -2.31. The minimum absolute atomic E-state index is 0.342. The first-order valence-electron chi connectivity index (χ1n) is 9.64. The molecule has 3 aromatic rings. The van der Waals surface area contributed by atoms with Crippen LogP contribution in [0.5, 0.6) is 0 Å². The maximum atomic E-state index is 14.9. The molecule has 4 nitrogen and oxygen atoms in total. The molecule has 2 aliphatic rings. The number of aromatic nitrogens is 1. The van der Waals surface area contributed by atoms with Gasteiger partial charge in [0.15, 0.2) is 6.23 Å². The Hall–Kier alpha value is -2.76. The fraction of sp³-hybridized carbons (Fsp3) is 0.217. The lowest BCUT2D eigenvalue weighted by atomic mass is 9.95. The third kappa shape index (κ3) is 3.52. The van der Waals surface area contributed by atoms with Gasteiger partial charge in [-0.2, -0.15) is 9.49 Å². The minimum Gasteiger partial charge on any atom is -0.368 e. The van der Waals surface area contributed by atoms with Crippen molar-refractivity contribution in [3.63, 3.8) is 0 Å². The lowest BCUT2D eigenvalue weighted by Gasteiger charge is -2.32. The van der Waals surface area contributed by atoms with Crippen LogP contribution in [0.25, 0.3) is 0 Å². The van der Waals surface area contributed by atoms with Gasteiger partial charge in [-0.3, -0.25) is 5.01 Å². The van der Waals surface area contributed by atoms with E-state index < -0.39 is 12.2 Å². The van der Waals surface area contributed by atoms with Crippen LogP contribution in [0.3, 0.4) is 0 Å². The molecular weight excluding hydrogens is 389 g/mol. The van der Waals surface area contributed by atoms with Gasteiger partial charge in [-0.25, -0.2) is 4.98 Å². The third-order valence-corrected chi connectivity index (χ3v) is 5.64. The number of nitrogens with zero attached hydrogens (tertiary/aromatic N) is 3. The number of hydrogen-bond acceptors (Lipinski definition) is 4. The van der Waals surface area contributed by atoms with Gasteiger partial charge in [-0.1, -0.05) is 48.0 Å². The van der Waals surface area contributed by atoms with Gasteiger partial charge in [0, 0.05) is 27.8 Å². The molecular formula is C23H19ClFN3O. The summed E-state index contributed by atoms with van der Waals surface area (Å²) in [6.07, 6.45) is 1.21. The Morgan fingerprint density at radius 2 is 1.76 bits per heavy atom. The molecule has 1 fully saturated rings. The van der Waals surface area contributed by atoms with Crippen LogP contribution in [-0.2, 0) is 6.54 Å². The summed E-state index contributed by atoms with van der Waals surface area (Å²) in [4.78, 5) is 4.18. The Labute approximate surface area is 173 Å². The quantitative estimate of drug-likeness (QED) is 0.618. The van der Waals surface area contributed by atoms with Crippen LogP contribution in [0.2, 0.25) is 5.02 Å². The molecule has 1 atom stereocenters. The number of hydrazone groups is 1. The first-order chi connectivity index (χ1) is 14.1. The van der Waals surface area contributed by atoms with Gasteiger partial charge < -0.3 is 5.11 Å². The molecule has 1 aliphatic heterocycles.